The van der Waals surface area contributed by atoms with Crippen LogP contribution in [0.2, 0.25) is 15.1 Å². The molecule has 0 aliphatic carbocycles. The van der Waals surface area contributed by atoms with Crippen LogP contribution in [0.3, 0.4) is 0 Å². The Labute approximate surface area is 172 Å². The van der Waals surface area contributed by atoms with Crippen LogP contribution in [0, 0.1) is 0 Å². The van der Waals surface area contributed by atoms with Gasteiger partial charge in [0.1, 0.15) is 11.9 Å². The highest BCUT2D eigenvalue weighted by molar-refractivity contribution is 6.35. The third kappa shape index (κ3) is 4.82. The molecule has 0 saturated carbocycles. The van der Waals surface area contributed by atoms with Crippen LogP contribution in [0.5, 0.6) is 0 Å². The quantitative estimate of drug-likeness (QED) is 0.477. The monoisotopic (exact) mass is 419 g/mol. The Balaban J connectivity index is 2.09. The predicted molar refractivity (Wildman–Crippen MR) is 110 cm³/mol. The number of rotatable bonds is 5. The zero-order valence-corrected chi connectivity index (χ0v) is 16.4. The van der Waals surface area contributed by atoms with E-state index in [2.05, 4.69) is 4.98 Å². The van der Waals surface area contributed by atoms with E-state index in [1.807, 2.05) is 0 Å². The number of benzene rings is 2. The van der Waals surface area contributed by atoms with Crippen molar-refractivity contribution in [3.05, 3.63) is 104 Å². The highest BCUT2D eigenvalue weighted by Gasteiger charge is 2.21. The van der Waals surface area contributed by atoms with Crippen LogP contribution in [0.4, 0.5) is 0 Å². The number of pyridine rings is 1. The van der Waals surface area contributed by atoms with E-state index in [-0.39, 0.29) is 12.2 Å². The van der Waals surface area contributed by atoms with Gasteiger partial charge in [0.25, 0.3) is 0 Å². The molecule has 0 radical (unpaired) electrons. The fourth-order valence-electron chi connectivity index (χ4n) is 2.74. The first kappa shape index (κ1) is 19.7. The number of halogens is 3. The van der Waals surface area contributed by atoms with Crippen molar-refractivity contribution < 1.29 is 10.2 Å². The van der Waals surface area contributed by atoms with Gasteiger partial charge < -0.3 is 10.2 Å². The topological polar surface area (TPSA) is 53.4 Å². The molecule has 2 aromatic carbocycles. The third-order valence-corrected chi connectivity index (χ3v) is 4.95. The molecule has 0 aliphatic rings. The van der Waals surface area contributed by atoms with Gasteiger partial charge in [-0.15, -0.1) is 0 Å². The number of hydrogen-bond donors (Lipinski definition) is 2. The second-order valence-corrected chi connectivity index (χ2v) is 7.27. The van der Waals surface area contributed by atoms with Gasteiger partial charge in [-0.1, -0.05) is 59.1 Å². The van der Waals surface area contributed by atoms with E-state index >= 15 is 0 Å². The molecule has 0 bridgehead atoms. The molecule has 0 amide bonds. The molecule has 0 aliphatic heterocycles. The molecule has 2 N–H and O–H groups in total. The molecule has 3 nitrogen and oxygen atoms in total. The van der Waals surface area contributed by atoms with Gasteiger partial charge in [0.2, 0.25) is 0 Å². The average molecular weight is 421 g/mol. The second kappa shape index (κ2) is 8.77. The molecule has 138 valence electrons. The molecule has 6 heteroatoms. The summed E-state index contributed by atoms with van der Waals surface area (Å²) in [6.45, 7) is 0. The van der Waals surface area contributed by atoms with Gasteiger partial charge >= 0.3 is 0 Å². The SMILES string of the molecule is O/C(=C(\Cc1ccc(Cl)cc1Cl)C(O)c1cccnc1)c1cccc(Cl)c1. The minimum Gasteiger partial charge on any atom is -0.507 e. The van der Waals surface area contributed by atoms with Gasteiger partial charge in [-0.2, -0.15) is 0 Å². The van der Waals surface area contributed by atoms with Crippen molar-refractivity contribution in [2.24, 2.45) is 0 Å². The smallest absolute Gasteiger partial charge is 0.125 e. The summed E-state index contributed by atoms with van der Waals surface area (Å²) in [5.74, 6) is -0.0557. The van der Waals surface area contributed by atoms with Gasteiger partial charge in [-0.05, 0) is 35.9 Å². The van der Waals surface area contributed by atoms with Crippen LogP contribution in [0.25, 0.3) is 5.76 Å². The molecule has 1 heterocycles. The lowest BCUT2D eigenvalue weighted by Gasteiger charge is -2.19. The zero-order chi connectivity index (χ0) is 19.4. The first-order valence-electron chi connectivity index (χ1n) is 8.15. The Morgan fingerprint density at radius 2 is 1.74 bits per heavy atom. The number of aliphatic hydroxyl groups is 2. The molecule has 0 spiro atoms. The molecule has 0 saturated heterocycles. The van der Waals surface area contributed by atoms with Crippen LogP contribution in [-0.4, -0.2) is 15.2 Å². The molecule has 1 unspecified atom stereocenters. The first-order chi connectivity index (χ1) is 13.0. The summed E-state index contributed by atoms with van der Waals surface area (Å²) in [6.07, 6.45) is 2.33. The molecule has 3 rings (SSSR count). The van der Waals surface area contributed by atoms with Crippen LogP contribution in [0.15, 0.2) is 72.6 Å². The van der Waals surface area contributed by atoms with Gasteiger partial charge in [0.05, 0.1) is 0 Å². The summed E-state index contributed by atoms with van der Waals surface area (Å²) in [6, 6.07) is 15.4. The lowest BCUT2D eigenvalue weighted by Crippen LogP contribution is -2.08. The molecule has 1 atom stereocenters. The summed E-state index contributed by atoms with van der Waals surface area (Å²) in [5, 5.41) is 23.3. The largest absolute Gasteiger partial charge is 0.507 e. The Hall–Kier alpha value is -2.04. The third-order valence-electron chi connectivity index (χ3n) is 4.13. The number of hydrogen-bond acceptors (Lipinski definition) is 3. The number of aromatic nitrogens is 1. The summed E-state index contributed by atoms with van der Waals surface area (Å²) < 4.78 is 0. The Morgan fingerprint density at radius 1 is 0.963 bits per heavy atom. The average Bonchev–Trinajstić information content (AvgIpc) is 2.67. The maximum absolute atomic E-state index is 10.9. The van der Waals surface area contributed by atoms with Gasteiger partial charge in [0, 0.05) is 50.6 Å². The maximum atomic E-state index is 10.9. The summed E-state index contributed by atoms with van der Waals surface area (Å²) >= 11 is 18.3. The van der Waals surface area contributed by atoms with Gasteiger partial charge in [-0.3, -0.25) is 4.98 Å². The lowest BCUT2D eigenvalue weighted by atomic mass is 9.93. The van der Waals surface area contributed by atoms with Crippen molar-refractivity contribution in [1.82, 2.24) is 4.98 Å². The van der Waals surface area contributed by atoms with Crippen molar-refractivity contribution in [1.29, 1.82) is 0 Å². The van der Waals surface area contributed by atoms with E-state index in [0.717, 1.165) is 5.56 Å². The highest BCUT2D eigenvalue weighted by Crippen LogP contribution is 2.33. The van der Waals surface area contributed by atoms with Crippen LogP contribution in [-0.2, 0) is 6.42 Å². The molecule has 1 aromatic heterocycles. The standard InChI is InChI=1S/C21H16Cl3NO2/c22-16-5-1-3-14(9-16)20(26)18(21(27)15-4-2-8-25-12-15)10-13-6-7-17(23)11-19(13)24/h1-9,11-12,21,26-27H,10H2/b20-18+. The van der Waals surface area contributed by atoms with Gasteiger partial charge in [0.15, 0.2) is 0 Å². The minimum atomic E-state index is -1.07. The molecular formula is C21H16Cl3NO2. The van der Waals surface area contributed by atoms with Crippen LogP contribution in [0.1, 0.15) is 22.8 Å². The molecule has 27 heavy (non-hydrogen) atoms. The number of aliphatic hydroxyl groups excluding tert-OH is 2. The Kier molecular flexibility index (Phi) is 6.40. The fraction of sp³-hybridized carbons (Fsp3) is 0.0952. The lowest BCUT2D eigenvalue weighted by molar-refractivity contribution is 0.210. The molecule has 3 aromatic rings. The van der Waals surface area contributed by atoms with Crippen molar-refractivity contribution in [3.63, 3.8) is 0 Å². The molecular weight excluding hydrogens is 405 g/mol. The van der Waals surface area contributed by atoms with E-state index < -0.39 is 6.10 Å². The fourth-order valence-corrected chi connectivity index (χ4v) is 3.41. The summed E-state index contributed by atoms with van der Waals surface area (Å²) in [5.41, 5.74) is 2.18. The van der Waals surface area contributed by atoms with Gasteiger partial charge in [-0.25, -0.2) is 0 Å². The molecule has 0 fully saturated rings. The van der Waals surface area contributed by atoms with Crippen molar-refractivity contribution >= 4 is 40.6 Å². The summed E-state index contributed by atoms with van der Waals surface area (Å²) in [4.78, 5) is 4.04. The minimum absolute atomic E-state index is 0.0557. The Morgan fingerprint density at radius 3 is 2.41 bits per heavy atom. The van der Waals surface area contributed by atoms with Crippen molar-refractivity contribution in [2.75, 3.05) is 0 Å². The normalized spacial score (nSPS) is 13.2. The van der Waals surface area contributed by atoms with Crippen LogP contribution >= 0.6 is 34.8 Å². The maximum Gasteiger partial charge on any atom is 0.125 e. The van der Waals surface area contributed by atoms with Crippen LogP contribution < -0.4 is 0 Å². The zero-order valence-electron chi connectivity index (χ0n) is 14.1. The van der Waals surface area contributed by atoms with E-state index in [9.17, 15) is 10.2 Å². The summed E-state index contributed by atoms with van der Waals surface area (Å²) in [7, 11) is 0. The van der Waals surface area contributed by atoms with E-state index in [1.54, 1.807) is 67.0 Å². The predicted octanol–water partition coefficient (Wildman–Crippen LogP) is 6.29. The second-order valence-electron chi connectivity index (χ2n) is 5.99. The van der Waals surface area contributed by atoms with E-state index in [0.29, 0.717) is 31.8 Å². The number of nitrogens with zero attached hydrogens (tertiary/aromatic N) is 1. The van der Waals surface area contributed by atoms with E-state index in [4.69, 9.17) is 34.8 Å². The Bertz CT molecular complexity index is 974. The highest BCUT2D eigenvalue weighted by atomic mass is 35.5. The van der Waals surface area contributed by atoms with Crippen molar-refractivity contribution in [2.45, 2.75) is 12.5 Å². The van der Waals surface area contributed by atoms with Crippen molar-refractivity contribution in [3.8, 4) is 0 Å². The van der Waals surface area contributed by atoms with E-state index in [1.165, 1.54) is 0 Å². The first-order valence-corrected chi connectivity index (χ1v) is 9.29.